The van der Waals surface area contributed by atoms with E-state index in [-0.39, 0.29) is 0 Å². The van der Waals surface area contributed by atoms with E-state index in [4.69, 9.17) is 13.9 Å². The Hall–Kier alpha value is -2.97. The van der Waals surface area contributed by atoms with E-state index < -0.39 is 0 Å². The van der Waals surface area contributed by atoms with Crippen LogP contribution in [0.1, 0.15) is 11.3 Å². The molecular formula is C21H16BrNO3. The second-order valence-corrected chi connectivity index (χ2v) is 6.37. The Kier molecular flexibility index (Phi) is 5.45. The molecule has 0 bridgehead atoms. The lowest BCUT2D eigenvalue weighted by atomic mass is 10.1. The quantitative estimate of drug-likeness (QED) is 0.500. The molecule has 0 unspecified atom stereocenters. The summed E-state index contributed by atoms with van der Waals surface area (Å²) in [6, 6.07) is 19.1. The molecule has 0 fully saturated rings. The van der Waals surface area contributed by atoms with Gasteiger partial charge in [0.25, 0.3) is 0 Å². The van der Waals surface area contributed by atoms with Gasteiger partial charge in [-0.2, -0.15) is 5.26 Å². The summed E-state index contributed by atoms with van der Waals surface area (Å²) < 4.78 is 17.4. The van der Waals surface area contributed by atoms with E-state index in [0.29, 0.717) is 22.8 Å². The molecule has 0 amide bonds. The third kappa shape index (κ3) is 3.81. The fraction of sp³-hybridized carbons (Fsp3) is 0.0952. The summed E-state index contributed by atoms with van der Waals surface area (Å²) in [5.74, 6) is 2.53. The van der Waals surface area contributed by atoms with Crippen LogP contribution in [0, 0.1) is 11.3 Å². The van der Waals surface area contributed by atoms with E-state index in [0.717, 1.165) is 21.4 Å². The Morgan fingerprint density at radius 2 is 1.85 bits per heavy atom. The fourth-order valence-corrected chi connectivity index (χ4v) is 2.95. The Morgan fingerprint density at radius 1 is 1.04 bits per heavy atom. The van der Waals surface area contributed by atoms with Gasteiger partial charge in [0.2, 0.25) is 0 Å². The van der Waals surface area contributed by atoms with Gasteiger partial charge in [-0.3, -0.25) is 0 Å². The second kappa shape index (κ2) is 7.94. The molecule has 0 saturated heterocycles. The first kappa shape index (κ1) is 17.8. The molecule has 3 rings (SSSR count). The third-order valence-corrected chi connectivity index (χ3v) is 4.33. The lowest BCUT2D eigenvalue weighted by molar-refractivity contribution is 0.355. The van der Waals surface area contributed by atoms with Crippen molar-refractivity contribution in [3.63, 3.8) is 0 Å². The predicted octanol–water partition coefficient (Wildman–Crippen LogP) is 5.79. The van der Waals surface area contributed by atoms with E-state index >= 15 is 0 Å². The van der Waals surface area contributed by atoms with Crippen molar-refractivity contribution >= 4 is 27.6 Å². The van der Waals surface area contributed by atoms with Crippen molar-refractivity contribution in [1.82, 2.24) is 0 Å². The molecule has 0 N–H and O–H groups in total. The number of furan rings is 1. The monoisotopic (exact) mass is 409 g/mol. The van der Waals surface area contributed by atoms with Crippen LogP contribution in [-0.4, -0.2) is 14.2 Å². The molecule has 2 aromatic carbocycles. The molecule has 26 heavy (non-hydrogen) atoms. The second-order valence-electron chi connectivity index (χ2n) is 5.45. The van der Waals surface area contributed by atoms with E-state index in [2.05, 4.69) is 22.0 Å². The summed E-state index contributed by atoms with van der Waals surface area (Å²) in [6.45, 7) is 0. The highest BCUT2D eigenvalue weighted by molar-refractivity contribution is 9.10. The summed E-state index contributed by atoms with van der Waals surface area (Å²) in [5, 5.41) is 9.55. The molecule has 0 atom stereocenters. The maximum atomic E-state index is 9.55. The number of methoxy groups -OCH3 is 2. The molecule has 0 aliphatic heterocycles. The van der Waals surface area contributed by atoms with Crippen LogP contribution in [0.4, 0.5) is 0 Å². The van der Waals surface area contributed by atoms with Crippen LogP contribution in [0.5, 0.6) is 11.5 Å². The number of nitrogens with zero attached hydrogens (tertiary/aromatic N) is 1. The SMILES string of the molecule is COc1ccc(/C(C#N)=C/c2ccc(-c3cccc(Br)c3)o2)cc1OC. The molecule has 0 saturated carbocycles. The van der Waals surface area contributed by atoms with Crippen molar-refractivity contribution in [3.8, 4) is 28.9 Å². The van der Waals surface area contributed by atoms with Gasteiger partial charge in [-0.25, -0.2) is 0 Å². The zero-order chi connectivity index (χ0) is 18.5. The van der Waals surface area contributed by atoms with Crippen molar-refractivity contribution in [2.75, 3.05) is 14.2 Å². The van der Waals surface area contributed by atoms with E-state index in [1.165, 1.54) is 0 Å². The standard InChI is InChI=1S/C21H16BrNO3/c1-24-20-8-6-14(12-21(20)25-2)16(13-23)11-18-7-9-19(26-18)15-4-3-5-17(22)10-15/h3-12H,1-2H3/b16-11+. The van der Waals surface area contributed by atoms with Gasteiger partial charge in [0.15, 0.2) is 11.5 Å². The largest absolute Gasteiger partial charge is 0.493 e. The number of allylic oxidation sites excluding steroid dienone is 1. The van der Waals surface area contributed by atoms with Gasteiger partial charge in [-0.15, -0.1) is 0 Å². The molecule has 1 aromatic heterocycles. The highest BCUT2D eigenvalue weighted by Crippen LogP contribution is 2.32. The Bertz CT molecular complexity index is 998. The van der Waals surface area contributed by atoms with E-state index in [9.17, 15) is 5.26 Å². The molecule has 5 heteroatoms. The van der Waals surface area contributed by atoms with Crippen LogP contribution < -0.4 is 9.47 Å². The van der Waals surface area contributed by atoms with Gasteiger partial charge in [-0.05, 0) is 54.1 Å². The molecule has 3 aromatic rings. The molecule has 0 aliphatic rings. The smallest absolute Gasteiger partial charge is 0.161 e. The first-order valence-electron chi connectivity index (χ1n) is 7.84. The summed E-state index contributed by atoms with van der Waals surface area (Å²) in [7, 11) is 3.14. The minimum Gasteiger partial charge on any atom is -0.493 e. The zero-order valence-corrected chi connectivity index (χ0v) is 15.9. The first-order chi connectivity index (χ1) is 12.6. The average Bonchev–Trinajstić information content (AvgIpc) is 3.14. The summed E-state index contributed by atoms with van der Waals surface area (Å²) in [4.78, 5) is 0. The molecule has 1 heterocycles. The lowest BCUT2D eigenvalue weighted by Gasteiger charge is -2.08. The molecule has 130 valence electrons. The van der Waals surface area contributed by atoms with Gasteiger partial charge < -0.3 is 13.9 Å². The van der Waals surface area contributed by atoms with Crippen LogP contribution in [-0.2, 0) is 0 Å². The number of halogens is 1. The number of nitriles is 1. The predicted molar refractivity (Wildman–Crippen MR) is 105 cm³/mol. The maximum Gasteiger partial charge on any atom is 0.161 e. The van der Waals surface area contributed by atoms with Crippen LogP contribution in [0.2, 0.25) is 0 Å². The topological polar surface area (TPSA) is 55.4 Å². The molecule has 0 radical (unpaired) electrons. The number of ether oxygens (including phenoxy) is 2. The normalized spacial score (nSPS) is 11.1. The minimum absolute atomic E-state index is 0.473. The average molecular weight is 410 g/mol. The number of hydrogen-bond acceptors (Lipinski definition) is 4. The summed E-state index contributed by atoms with van der Waals surface area (Å²) in [5.41, 5.74) is 2.16. The van der Waals surface area contributed by atoms with Crippen molar-refractivity contribution in [2.24, 2.45) is 0 Å². The number of rotatable bonds is 5. The van der Waals surface area contributed by atoms with Crippen molar-refractivity contribution < 1.29 is 13.9 Å². The van der Waals surface area contributed by atoms with Crippen LogP contribution >= 0.6 is 15.9 Å². The first-order valence-corrected chi connectivity index (χ1v) is 8.64. The van der Waals surface area contributed by atoms with E-state index in [1.54, 1.807) is 32.4 Å². The lowest BCUT2D eigenvalue weighted by Crippen LogP contribution is -1.92. The summed E-state index contributed by atoms with van der Waals surface area (Å²) in [6.07, 6.45) is 1.71. The van der Waals surface area contributed by atoms with Gasteiger partial charge >= 0.3 is 0 Å². The van der Waals surface area contributed by atoms with Gasteiger partial charge in [0.1, 0.15) is 11.5 Å². The minimum atomic E-state index is 0.473. The highest BCUT2D eigenvalue weighted by Gasteiger charge is 2.10. The molecule has 4 nitrogen and oxygen atoms in total. The number of benzene rings is 2. The maximum absolute atomic E-state index is 9.55. The Labute approximate surface area is 160 Å². The van der Waals surface area contributed by atoms with Crippen LogP contribution in [0.3, 0.4) is 0 Å². The third-order valence-electron chi connectivity index (χ3n) is 3.84. The molecule has 0 aliphatic carbocycles. The molecule has 0 spiro atoms. The highest BCUT2D eigenvalue weighted by atomic mass is 79.9. The van der Waals surface area contributed by atoms with Crippen molar-refractivity contribution in [1.29, 1.82) is 5.26 Å². The van der Waals surface area contributed by atoms with E-state index in [1.807, 2.05) is 42.5 Å². The Balaban J connectivity index is 1.94. The van der Waals surface area contributed by atoms with Crippen LogP contribution in [0.25, 0.3) is 23.0 Å². The Morgan fingerprint density at radius 3 is 2.54 bits per heavy atom. The fourth-order valence-electron chi connectivity index (χ4n) is 2.55. The van der Waals surface area contributed by atoms with Crippen LogP contribution in [0.15, 0.2) is 63.5 Å². The molecular weight excluding hydrogens is 394 g/mol. The van der Waals surface area contributed by atoms with Gasteiger partial charge in [0.05, 0.1) is 25.9 Å². The zero-order valence-electron chi connectivity index (χ0n) is 14.3. The van der Waals surface area contributed by atoms with Crippen molar-refractivity contribution in [2.45, 2.75) is 0 Å². The van der Waals surface area contributed by atoms with Gasteiger partial charge in [-0.1, -0.05) is 28.1 Å². The van der Waals surface area contributed by atoms with Crippen molar-refractivity contribution in [3.05, 3.63) is 70.4 Å². The number of hydrogen-bond donors (Lipinski definition) is 0. The van der Waals surface area contributed by atoms with Gasteiger partial charge in [0, 0.05) is 10.0 Å². The summed E-state index contributed by atoms with van der Waals surface area (Å²) >= 11 is 3.45.